The van der Waals surface area contributed by atoms with Crippen molar-refractivity contribution in [2.45, 2.75) is 57.3 Å². The maximum atomic E-state index is 4.17. The molecule has 1 aliphatic heterocycles. The topological polar surface area (TPSA) is 32.3 Å². The largest absolute Gasteiger partial charge is 0.293 e. The van der Waals surface area contributed by atoms with Crippen LogP contribution in [0.5, 0.6) is 0 Å². The lowest BCUT2D eigenvalue weighted by molar-refractivity contribution is -0.0377. The second-order valence-corrected chi connectivity index (χ2v) is 7.78. The van der Waals surface area contributed by atoms with Gasteiger partial charge in [-0.3, -0.25) is 19.8 Å². The molecule has 1 saturated carbocycles. The third-order valence-electron chi connectivity index (χ3n) is 6.07. The number of nitrogens with zero attached hydrogens (tertiary/aromatic N) is 4. The Morgan fingerprint density at radius 3 is 2.08 bits per heavy atom. The molecular weight excluding hydrogens is 308 g/mol. The van der Waals surface area contributed by atoms with E-state index in [-0.39, 0.29) is 0 Å². The van der Waals surface area contributed by atoms with Crippen LogP contribution in [0.1, 0.15) is 43.7 Å². The van der Waals surface area contributed by atoms with Gasteiger partial charge < -0.3 is 0 Å². The first kappa shape index (κ1) is 16.7. The molecule has 0 amide bonds. The van der Waals surface area contributed by atoms with E-state index in [2.05, 4.69) is 51.0 Å². The molecule has 0 aromatic carbocycles. The highest BCUT2D eigenvalue weighted by atomic mass is 15.3. The minimum absolute atomic E-state index is 0.350. The second-order valence-electron chi connectivity index (χ2n) is 7.78. The van der Waals surface area contributed by atoms with Gasteiger partial charge >= 0.3 is 0 Å². The van der Waals surface area contributed by atoms with E-state index in [4.69, 9.17) is 0 Å². The first-order chi connectivity index (χ1) is 12.3. The summed E-state index contributed by atoms with van der Waals surface area (Å²) in [5.41, 5.74) is 3.11. The van der Waals surface area contributed by atoms with E-state index < -0.39 is 0 Å². The molecule has 2 aromatic rings. The van der Waals surface area contributed by atoms with Crippen LogP contribution in [0.4, 0.5) is 0 Å². The van der Waals surface area contributed by atoms with Crippen LogP contribution in [-0.2, 0) is 13.1 Å². The zero-order valence-corrected chi connectivity index (χ0v) is 15.1. The Morgan fingerprint density at radius 1 is 0.920 bits per heavy atom. The fourth-order valence-corrected chi connectivity index (χ4v) is 4.64. The lowest BCUT2D eigenvalue weighted by Gasteiger charge is -2.52. The number of pyridine rings is 2. The molecule has 1 unspecified atom stereocenters. The Morgan fingerprint density at radius 2 is 1.48 bits per heavy atom. The van der Waals surface area contributed by atoms with Crippen LogP contribution < -0.4 is 0 Å². The molecule has 3 heterocycles. The number of piperazine rings is 1. The third-order valence-corrected chi connectivity index (χ3v) is 6.07. The van der Waals surface area contributed by atoms with Gasteiger partial charge in [0.15, 0.2) is 0 Å². The predicted octanol–water partition coefficient (Wildman–Crippen LogP) is 3.50. The molecule has 1 spiro atoms. The van der Waals surface area contributed by atoms with Crippen molar-refractivity contribution in [3.05, 3.63) is 60.2 Å². The van der Waals surface area contributed by atoms with Crippen molar-refractivity contribution in [3.8, 4) is 0 Å². The van der Waals surface area contributed by atoms with Gasteiger partial charge in [0.2, 0.25) is 0 Å². The molecular formula is C21H28N4. The molecule has 1 aliphatic carbocycles. The van der Waals surface area contributed by atoms with E-state index in [1.165, 1.54) is 43.4 Å². The highest BCUT2D eigenvalue weighted by molar-refractivity contribution is 5.14. The Balaban J connectivity index is 1.52. The Kier molecular flexibility index (Phi) is 4.82. The van der Waals surface area contributed by atoms with Gasteiger partial charge in [0.1, 0.15) is 0 Å². The second kappa shape index (κ2) is 7.22. The number of aromatic nitrogens is 2. The molecule has 4 rings (SSSR count). The first-order valence-electron chi connectivity index (χ1n) is 9.52. The Bertz CT molecular complexity index is 667. The van der Waals surface area contributed by atoms with Gasteiger partial charge in [0.05, 0.1) is 0 Å². The van der Waals surface area contributed by atoms with Crippen molar-refractivity contribution in [1.29, 1.82) is 0 Å². The predicted molar refractivity (Wildman–Crippen MR) is 100.0 cm³/mol. The highest BCUT2D eigenvalue weighted by Crippen LogP contribution is 2.40. The quantitative estimate of drug-likeness (QED) is 0.855. The lowest BCUT2D eigenvalue weighted by Crippen LogP contribution is -2.63. The lowest BCUT2D eigenvalue weighted by atomic mass is 9.89. The average molecular weight is 336 g/mol. The number of rotatable bonds is 4. The molecule has 1 atom stereocenters. The van der Waals surface area contributed by atoms with E-state index in [1.807, 2.05) is 24.8 Å². The maximum absolute atomic E-state index is 4.17. The van der Waals surface area contributed by atoms with Crippen molar-refractivity contribution >= 4 is 0 Å². The molecule has 25 heavy (non-hydrogen) atoms. The average Bonchev–Trinajstić information content (AvgIpc) is 3.11. The van der Waals surface area contributed by atoms with Gasteiger partial charge in [-0.05, 0) is 55.2 Å². The third kappa shape index (κ3) is 3.60. The van der Waals surface area contributed by atoms with Crippen LogP contribution in [0.3, 0.4) is 0 Å². The summed E-state index contributed by atoms with van der Waals surface area (Å²) in [5.74, 6) is 0. The molecule has 2 fully saturated rings. The van der Waals surface area contributed by atoms with Crippen LogP contribution in [0.2, 0.25) is 0 Å². The van der Waals surface area contributed by atoms with E-state index in [9.17, 15) is 0 Å². The summed E-state index contributed by atoms with van der Waals surface area (Å²) < 4.78 is 0. The standard InChI is InChI=1S/C21H28N4/c1-18-14-25(16-20-6-12-23-13-7-20)21(8-2-3-9-21)17-24(18)15-19-4-10-22-11-5-19/h4-7,10-13,18H,2-3,8-9,14-17H2,1H3. The summed E-state index contributed by atoms with van der Waals surface area (Å²) in [6.07, 6.45) is 13.0. The van der Waals surface area contributed by atoms with Crippen molar-refractivity contribution in [2.24, 2.45) is 0 Å². The van der Waals surface area contributed by atoms with Gasteiger partial charge in [-0.2, -0.15) is 0 Å². The Hall–Kier alpha value is -1.78. The molecule has 4 heteroatoms. The molecule has 2 aromatic heterocycles. The van der Waals surface area contributed by atoms with Crippen molar-refractivity contribution in [1.82, 2.24) is 19.8 Å². The zero-order chi connectivity index (χ0) is 17.1. The van der Waals surface area contributed by atoms with E-state index in [1.54, 1.807) is 0 Å². The summed E-state index contributed by atoms with van der Waals surface area (Å²) in [6.45, 7) is 6.79. The van der Waals surface area contributed by atoms with E-state index in [0.717, 1.165) is 19.6 Å². The van der Waals surface area contributed by atoms with E-state index >= 15 is 0 Å². The first-order valence-corrected chi connectivity index (χ1v) is 9.52. The summed E-state index contributed by atoms with van der Waals surface area (Å²) in [4.78, 5) is 13.8. The van der Waals surface area contributed by atoms with Crippen molar-refractivity contribution < 1.29 is 0 Å². The summed E-state index contributed by atoms with van der Waals surface area (Å²) in [6, 6.07) is 9.20. The number of hydrogen-bond donors (Lipinski definition) is 0. The van der Waals surface area contributed by atoms with Gasteiger partial charge in [0, 0.05) is 62.5 Å². The molecule has 132 valence electrons. The minimum atomic E-state index is 0.350. The van der Waals surface area contributed by atoms with Crippen molar-refractivity contribution in [2.75, 3.05) is 13.1 Å². The molecule has 0 radical (unpaired) electrons. The maximum Gasteiger partial charge on any atom is 0.0340 e. The van der Waals surface area contributed by atoms with Gasteiger partial charge in [-0.25, -0.2) is 0 Å². The van der Waals surface area contributed by atoms with Gasteiger partial charge in [-0.1, -0.05) is 12.8 Å². The molecule has 4 nitrogen and oxygen atoms in total. The van der Waals surface area contributed by atoms with E-state index in [0.29, 0.717) is 11.6 Å². The highest BCUT2D eigenvalue weighted by Gasteiger charge is 2.45. The normalized spacial score (nSPS) is 24.0. The van der Waals surface area contributed by atoms with Crippen molar-refractivity contribution in [3.63, 3.8) is 0 Å². The minimum Gasteiger partial charge on any atom is -0.293 e. The van der Waals surface area contributed by atoms with Crippen LogP contribution in [0, 0.1) is 0 Å². The summed E-state index contributed by atoms with van der Waals surface area (Å²) in [5, 5.41) is 0. The molecule has 0 N–H and O–H groups in total. The van der Waals surface area contributed by atoms with Gasteiger partial charge in [-0.15, -0.1) is 0 Å². The Labute approximate surface area is 150 Å². The molecule has 1 saturated heterocycles. The van der Waals surface area contributed by atoms with Crippen LogP contribution >= 0.6 is 0 Å². The van der Waals surface area contributed by atoms with Crippen LogP contribution in [-0.4, -0.2) is 44.4 Å². The fourth-order valence-electron chi connectivity index (χ4n) is 4.64. The summed E-state index contributed by atoms with van der Waals surface area (Å²) in [7, 11) is 0. The monoisotopic (exact) mass is 336 g/mol. The molecule has 0 bridgehead atoms. The van der Waals surface area contributed by atoms with Crippen LogP contribution in [0.15, 0.2) is 49.1 Å². The number of hydrogen-bond acceptors (Lipinski definition) is 4. The van der Waals surface area contributed by atoms with Crippen LogP contribution in [0.25, 0.3) is 0 Å². The summed E-state index contributed by atoms with van der Waals surface area (Å²) >= 11 is 0. The molecule has 2 aliphatic rings. The smallest absolute Gasteiger partial charge is 0.0340 e. The SMILES string of the molecule is CC1CN(Cc2ccncc2)C2(CCCC2)CN1Cc1ccncc1. The van der Waals surface area contributed by atoms with Gasteiger partial charge in [0.25, 0.3) is 0 Å². The fraction of sp³-hybridized carbons (Fsp3) is 0.524. The zero-order valence-electron chi connectivity index (χ0n) is 15.1.